The number of nitrogens with zero attached hydrogens (tertiary/aromatic N) is 2. The van der Waals surface area contributed by atoms with Gasteiger partial charge in [-0.25, -0.2) is 18.4 Å². The molecule has 0 aliphatic heterocycles. The Balaban J connectivity index is 1.68. The highest BCUT2D eigenvalue weighted by molar-refractivity contribution is 7.95. The van der Waals surface area contributed by atoms with Crippen molar-refractivity contribution in [2.24, 2.45) is 0 Å². The molecule has 0 spiro atoms. The highest BCUT2D eigenvalue weighted by Gasteiger charge is 2.30. The molecule has 7 nitrogen and oxygen atoms in total. The topological polar surface area (TPSA) is 90.4 Å². The summed E-state index contributed by atoms with van der Waals surface area (Å²) in [5.41, 5.74) is 0.748. The van der Waals surface area contributed by atoms with Crippen molar-refractivity contribution in [2.45, 2.75) is 18.8 Å². The molecule has 0 saturated heterocycles. The number of rotatable bonds is 8. The van der Waals surface area contributed by atoms with E-state index in [1.165, 1.54) is 13.2 Å². The van der Waals surface area contributed by atoms with Gasteiger partial charge >= 0.3 is 0 Å². The summed E-state index contributed by atoms with van der Waals surface area (Å²) < 4.78 is 39.1. The summed E-state index contributed by atoms with van der Waals surface area (Å²) in [4.78, 5) is 8.71. The molecule has 9 heteroatoms. The van der Waals surface area contributed by atoms with Crippen LogP contribution in [-0.2, 0) is 10.0 Å². The zero-order valence-corrected chi connectivity index (χ0v) is 18.2. The van der Waals surface area contributed by atoms with Crippen molar-refractivity contribution in [1.29, 1.82) is 0 Å². The number of nitrogens with one attached hydrogen (secondary N) is 1. The van der Waals surface area contributed by atoms with Gasteiger partial charge in [0.25, 0.3) is 10.0 Å². The Kier molecular flexibility index (Phi) is 6.11. The number of hydrogen-bond acceptors (Lipinski definition) is 6. The van der Waals surface area contributed by atoms with Crippen LogP contribution in [0.25, 0.3) is 6.08 Å². The predicted molar refractivity (Wildman–Crippen MR) is 120 cm³/mol. The van der Waals surface area contributed by atoms with E-state index in [9.17, 15) is 8.42 Å². The highest BCUT2D eigenvalue weighted by Crippen LogP contribution is 2.43. The largest absolute Gasteiger partial charge is 0.493 e. The van der Waals surface area contributed by atoms with E-state index in [4.69, 9.17) is 21.1 Å². The Bertz CT molecular complexity index is 1210. The molecule has 1 aromatic heterocycles. The van der Waals surface area contributed by atoms with Crippen molar-refractivity contribution in [2.75, 3.05) is 11.8 Å². The molecule has 160 valence electrons. The molecule has 0 bridgehead atoms. The molecule has 31 heavy (non-hydrogen) atoms. The number of aromatic nitrogens is 2. The van der Waals surface area contributed by atoms with Crippen LogP contribution < -0.4 is 14.2 Å². The third kappa shape index (κ3) is 5.34. The van der Waals surface area contributed by atoms with Gasteiger partial charge in [-0.1, -0.05) is 54.1 Å². The van der Waals surface area contributed by atoms with Crippen molar-refractivity contribution < 1.29 is 17.9 Å². The van der Waals surface area contributed by atoms with E-state index in [2.05, 4.69) is 14.7 Å². The maximum Gasteiger partial charge on any atom is 0.256 e. The molecule has 3 aromatic rings. The average Bonchev–Trinajstić information content (AvgIpc) is 3.61. The summed E-state index contributed by atoms with van der Waals surface area (Å²) in [6.45, 7) is 0. The van der Waals surface area contributed by atoms with Crippen LogP contribution in [0.15, 0.2) is 60.0 Å². The Morgan fingerprint density at radius 3 is 2.39 bits per heavy atom. The number of methoxy groups -OCH3 is 1. The number of anilines is 1. The summed E-state index contributed by atoms with van der Waals surface area (Å²) >= 11 is 6.38. The van der Waals surface area contributed by atoms with Crippen molar-refractivity contribution in [3.05, 3.63) is 76.5 Å². The van der Waals surface area contributed by atoms with Gasteiger partial charge in [0.15, 0.2) is 22.5 Å². The van der Waals surface area contributed by atoms with Crippen LogP contribution in [0.5, 0.6) is 17.2 Å². The lowest BCUT2D eigenvalue weighted by Gasteiger charge is -2.15. The molecular weight excluding hydrogens is 438 g/mol. The minimum Gasteiger partial charge on any atom is -0.493 e. The van der Waals surface area contributed by atoms with Crippen LogP contribution in [0, 0.1) is 0 Å². The first-order chi connectivity index (χ1) is 14.9. The van der Waals surface area contributed by atoms with Crippen LogP contribution >= 0.6 is 11.6 Å². The molecule has 4 rings (SSSR count). The fourth-order valence-corrected chi connectivity index (χ4v) is 3.86. The first-order valence-corrected chi connectivity index (χ1v) is 11.5. The summed E-state index contributed by atoms with van der Waals surface area (Å²) in [5, 5.41) is 1.09. The molecule has 0 radical (unpaired) electrons. The van der Waals surface area contributed by atoms with Crippen LogP contribution in [0.4, 0.5) is 5.82 Å². The standard InChI is InChI=1S/C22H20ClN3O4S/c1-29-17-9-5-6-10-18(17)30-19-20(23)24-21(16-11-12-16)25-22(19)26-31(27,28)14-13-15-7-3-2-4-8-15/h2-10,13-14,16H,11-12H2,1H3,(H,24,25,26)/b14-13+. The monoisotopic (exact) mass is 457 g/mol. The first-order valence-electron chi connectivity index (χ1n) is 9.59. The normalized spacial score (nSPS) is 13.9. The smallest absolute Gasteiger partial charge is 0.256 e. The molecule has 0 amide bonds. The molecule has 1 heterocycles. The fraction of sp³-hybridized carbons (Fsp3) is 0.182. The molecular formula is C22H20ClN3O4S. The SMILES string of the molecule is COc1ccccc1Oc1c(Cl)nc(C2CC2)nc1NS(=O)(=O)/C=C/c1ccccc1. The van der Waals surface area contributed by atoms with E-state index < -0.39 is 10.0 Å². The first kappa shape index (κ1) is 21.1. The number of para-hydroxylation sites is 2. The number of hydrogen-bond donors (Lipinski definition) is 1. The predicted octanol–water partition coefficient (Wildman–Crippen LogP) is 5.22. The lowest BCUT2D eigenvalue weighted by atomic mass is 10.2. The highest BCUT2D eigenvalue weighted by atomic mass is 35.5. The molecule has 1 aliphatic rings. The Morgan fingerprint density at radius 1 is 1.03 bits per heavy atom. The van der Waals surface area contributed by atoms with Crippen molar-refractivity contribution in [3.63, 3.8) is 0 Å². The van der Waals surface area contributed by atoms with Gasteiger partial charge in [0.2, 0.25) is 5.75 Å². The van der Waals surface area contributed by atoms with E-state index in [0.717, 1.165) is 23.8 Å². The molecule has 0 atom stereocenters. The van der Waals surface area contributed by atoms with E-state index in [-0.39, 0.29) is 22.6 Å². The van der Waals surface area contributed by atoms with Crippen LogP contribution in [-0.4, -0.2) is 25.5 Å². The van der Waals surface area contributed by atoms with Gasteiger partial charge in [0.1, 0.15) is 5.82 Å². The third-order valence-corrected chi connectivity index (χ3v) is 5.77. The molecule has 1 saturated carbocycles. The maximum absolute atomic E-state index is 12.7. The van der Waals surface area contributed by atoms with Crippen molar-refractivity contribution in [1.82, 2.24) is 9.97 Å². The zero-order chi connectivity index (χ0) is 21.8. The Hall–Kier alpha value is -3.10. The third-order valence-electron chi connectivity index (χ3n) is 4.54. The second-order valence-electron chi connectivity index (χ2n) is 6.94. The van der Waals surface area contributed by atoms with E-state index >= 15 is 0 Å². The van der Waals surface area contributed by atoms with Gasteiger partial charge in [-0.2, -0.15) is 0 Å². The summed E-state index contributed by atoms with van der Waals surface area (Å²) in [5.74, 6) is 1.46. The van der Waals surface area contributed by atoms with Crippen LogP contribution in [0.1, 0.15) is 30.1 Å². The van der Waals surface area contributed by atoms with Gasteiger partial charge in [-0.05, 0) is 36.6 Å². The van der Waals surface area contributed by atoms with E-state index in [1.807, 2.05) is 18.2 Å². The van der Waals surface area contributed by atoms with Gasteiger partial charge in [-0.15, -0.1) is 0 Å². The minimum absolute atomic E-state index is 0.00672. The van der Waals surface area contributed by atoms with E-state index in [1.54, 1.807) is 36.4 Å². The van der Waals surface area contributed by atoms with Gasteiger partial charge in [-0.3, -0.25) is 4.72 Å². The molecule has 1 N–H and O–H groups in total. The second kappa shape index (κ2) is 8.95. The average molecular weight is 458 g/mol. The number of sulfonamides is 1. The summed E-state index contributed by atoms with van der Waals surface area (Å²) in [6, 6.07) is 16.1. The number of benzene rings is 2. The quantitative estimate of drug-likeness (QED) is 0.466. The maximum atomic E-state index is 12.7. The zero-order valence-electron chi connectivity index (χ0n) is 16.7. The van der Waals surface area contributed by atoms with Gasteiger partial charge < -0.3 is 9.47 Å². The fourth-order valence-electron chi connectivity index (χ4n) is 2.84. The van der Waals surface area contributed by atoms with Crippen molar-refractivity contribution in [3.8, 4) is 17.2 Å². The summed E-state index contributed by atoms with van der Waals surface area (Å²) in [6.07, 6.45) is 3.36. The van der Waals surface area contributed by atoms with Crippen LogP contribution in [0.3, 0.4) is 0 Å². The second-order valence-corrected chi connectivity index (χ2v) is 8.86. The minimum atomic E-state index is -3.89. The Labute approximate surface area is 185 Å². The molecule has 1 fully saturated rings. The lowest BCUT2D eigenvalue weighted by Crippen LogP contribution is -2.13. The summed E-state index contributed by atoms with van der Waals surface area (Å²) in [7, 11) is -2.38. The Morgan fingerprint density at radius 2 is 1.71 bits per heavy atom. The number of halogens is 1. The number of ether oxygens (including phenoxy) is 2. The van der Waals surface area contributed by atoms with Gasteiger partial charge in [0, 0.05) is 5.92 Å². The van der Waals surface area contributed by atoms with Gasteiger partial charge in [0.05, 0.1) is 12.5 Å². The molecule has 0 unspecified atom stereocenters. The molecule has 1 aliphatic carbocycles. The van der Waals surface area contributed by atoms with E-state index in [0.29, 0.717) is 17.3 Å². The molecule has 2 aromatic carbocycles. The van der Waals surface area contributed by atoms with Crippen LogP contribution in [0.2, 0.25) is 5.15 Å². The van der Waals surface area contributed by atoms with Crippen molar-refractivity contribution >= 4 is 33.5 Å². The lowest BCUT2D eigenvalue weighted by molar-refractivity contribution is 0.378.